The number of hydrogen-bond acceptors (Lipinski definition) is 2. The van der Waals surface area contributed by atoms with Gasteiger partial charge in [-0.25, -0.2) is 0 Å². The minimum absolute atomic E-state index is 0.874. The second kappa shape index (κ2) is 10.4. The highest BCUT2D eigenvalue weighted by Crippen LogP contribution is 2.51. The van der Waals surface area contributed by atoms with Crippen molar-refractivity contribution in [2.75, 3.05) is 0 Å². The Balaban J connectivity index is 1.39. The van der Waals surface area contributed by atoms with Crippen LogP contribution in [-0.2, 0) is 0 Å². The summed E-state index contributed by atoms with van der Waals surface area (Å²) in [6, 6.07) is 60.6. The first-order valence-corrected chi connectivity index (χ1v) is 17.1. The molecule has 11 aromatic rings. The van der Waals surface area contributed by atoms with Crippen molar-refractivity contribution in [3.05, 3.63) is 170 Å². The van der Waals surface area contributed by atoms with Gasteiger partial charge in [-0.3, -0.25) is 0 Å². The molecule has 0 amide bonds. The molecule has 0 atom stereocenters. The summed E-state index contributed by atoms with van der Waals surface area (Å²) in [7, 11) is 0. The molecule has 0 unspecified atom stereocenters. The van der Waals surface area contributed by atoms with Gasteiger partial charge in [0.2, 0.25) is 0 Å². The Morgan fingerprint density at radius 2 is 0.700 bits per heavy atom. The maximum absolute atomic E-state index is 6.98. The van der Waals surface area contributed by atoms with Crippen LogP contribution in [0.15, 0.2) is 179 Å². The first-order valence-electron chi connectivity index (χ1n) is 17.1. The summed E-state index contributed by atoms with van der Waals surface area (Å²) in [5, 5.41) is 11.6. The Labute approximate surface area is 287 Å². The summed E-state index contributed by atoms with van der Waals surface area (Å²) in [5.74, 6) is 0. The lowest BCUT2D eigenvalue weighted by Gasteiger charge is -2.18. The van der Waals surface area contributed by atoms with Gasteiger partial charge in [0.05, 0.1) is 0 Å². The average Bonchev–Trinajstić information content (AvgIpc) is 3.77. The Morgan fingerprint density at radius 1 is 0.300 bits per heavy atom. The molecule has 9 aromatic carbocycles. The van der Waals surface area contributed by atoms with Crippen LogP contribution in [0, 0.1) is 0 Å². The highest BCUT2D eigenvalue weighted by Gasteiger charge is 2.25. The lowest BCUT2D eigenvalue weighted by Crippen LogP contribution is -1.92. The van der Waals surface area contributed by atoms with Gasteiger partial charge in [0, 0.05) is 43.6 Å². The molecule has 0 N–H and O–H groups in total. The molecular weight excluding hydrogens is 609 g/mol. The van der Waals surface area contributed by atoms with E-state index in [9.17, 15) is 0 Å². The molecule has 0 saturated heterocycles. The topological polar surface area (TPSA) is 26.3 Å². The van der Waals surface area contributed by atoms with E-state index in [2.05, 4.69) is 164 Å². The molecule has 0 aliphatic carbocycles. The van der Waals surface area contributed by atoms with E-state index in [1.807, 2.05) is 6.07 Å². The average molecular weight is 637 g/mol. The Morgan fingerprint density at radius 3 is 1.24 bits per heavy atom. The van der Waals surface area contributed by atoms with Gasteiger partial charge in [-0.05, 0) is 67.9 Å². The molecule has 232 valence electrons. The van der Waals surface area contributed by atoms with Gasteiger partial charge < -0.3 is 8.83 Å². The monoisotopic (exact) mass is 636 g/mol. The van der Waals surface area contributed by atoms with E-state index >= 15 is 0 Å². The maximum atomic E-state index is 6.98. The number of hydrogen-bond donors (Lipinski definition) is 0. The van der Waals surface area contributed by atoms with E-state index in [1.165, 1.54) is 38.2 Å². The highest BCUT2D eigenvalue weighted by molar-refractivity contribution is 6.36. The fraction of sp³-hybridized carbons (Fsp3) is 0. The fourth-order valence-electron chi connectivity index (χ4n) is 8.36. The van der Waals surface area contributed by atoms with E-state index < -0.39 is 0 Å². The van der Waals surface area contributed by atoms with Crippen LogP contribution < -0.4 is 0 Å². The van der Waals surface area contributed by atoms with Crippen LogP contribution in [0.2, 0.25) is 0 Å². The minimum Gasteiger partial charge on any atom is -0.455 e. The van der Waals surface area contributed by atoms with Crippen molar-refractivity contribution in [2.24, 2.45) is 0 Å². The Hall–Kier alpha value is -6.64. The molecule has 50 heavy (non-hydrogen) atoms. The number of furan rings is 2. The lowest BCUT2D eigenvalue weighted by molar-refractivity contribution is 0.670. The standard InChI is InChI=1S/C48H28O2/c1-3-15-29(16-4-1)38-27-31-28-39(44-34-21-9-7-19-32(34)42(30-17-5-2-6-18-30)33-20-8-10-22-35(33)44)48-46(37-24-12-14-26-41(37)50-48)43(31)45-36-23-11-13-25-40(36)49-47(38)45/h1-28H. The molecule has 2 heteroatoms. The minimum atomic E-state index is 0.874. The van der Waals surface area contributed by atoms with Gasteiger partial charge in [-0.2, -0.15) is 0 Å². The van der Waals surface area contributed by atoms with E-state index in [4.69, 9.17) is 8.83 Å². The van der Waals surface area contributed by atoms with Gasteiger partial charge in [0.1, 0.15) is 22.3 Å². The van der Waals surface area contributed by atoms with E-state index in [-0.39, 0.29) is 0 Å². The summed E-state index contributed by atoms with van der Waals surface area (Å²) in [5.41, 5.74) is 10.5. The third-order valence-corrected chi connectivity index (χ3v) is 10.4. The molecule has 11 rings (SSSR count). The van der Waals surface area contributed by atoms with Gasteiger partial charge in [-0.1, -0.05) is 146 Å². The number of rotatable bonds is 3. The molecule has 0 saturated carbocycles. The van der Waals surface area contributed by atoms with E-state index in [1.54, 1.807) is 0 Å². The van der Waals surface area contributed by atoms with E-state index in [0.29, 0.717) is 0 Å². The van der Waals surface area contributed by atoms with Crippen molar-refractivity contribution < 1.29 is 8.83 Å². The van der Waals surface area contributed by atoms with Crippen LogP contribution in [0.5, 0.6) is 0 Å². The van der Waals surface area contributed by atoms with Gasteiger partial charge in [0.25, 0.3) is 0 Å². The van der Waals surface area contributed by atoms with Crippen LogP contribution in [0.3, 0.4) is 0 Å². The summed E-state index contributed by atoms with van der Waals surface area (Å²) in [6.07, 6.45) is 0. The summed E-state index contributed by atoms with van der Waals surface area (Å²) >= 11 is 0. The SMILES string of the molecule is c1ccc(-c2c3ccccc3c(-c3cc4cc(-c5ccccc5)c5oc6ccccc6c5c4c4c3oc3ccccc34)c3ccccc23)cc1. The predicted molar refractivity (Wildman–Crippen MR) is 210 cm³/mol. The first-order chi connectivity index (χ1) is 24.8. The molecular formula is C48H28O2. The Kier molecular flexibility index (Phi) is 5.70. The van der Waals surface area contributed by atoms with Crippen molar-refractivity contribution in [3.8, 4) is 33.4 Å². The maximum Gasteiger partial charge on any atom is 0.143 e. The molecule has 0 aliphatic heterocycles. The van der Waals surface area contributed by atoms with Crippen molar-refractivity contribution in [2.45, 2.75) is 0 Å². The Bertz CT molecular complexity index is 3070. The summed E-state index contributed by atoms with van der Waals surface area (Å²) in [4.78, 5) is 0. The number of benzene rings is 9. The molecule has 2 nitrogen and oxygen atoms in total. The molecule has 2 heterocycles. The lowest BCUT2D eigenvalue weighted by atomic mass is 9.84. The summed E-state index contributed by atoms with van der Waals surface area (Å²) in [6.45, 7) is 0. The quantitative estimate of drug-likeness (QED) is 0.180. The second-order valence-corrected chi connectivity index (χ2v) is 13.1. The van der Waals surface area contributed by atoms with Crippen LogP contribution in [0.1, 0.15) is 0 Å². The van der Waals surface area contributed by atoms with Crippen LogP contribution in [0.4, 0.5) is 0 Å². The van der Waals surface area contributed by atoms with Crippen LogP contribution >= 0.6 is 0 Å². The van der Waals surface area contributed by atoms with Crippen molar-refractivity contribution in [1.82, 2.24) is 0 Å². The van der Waals surface area contributed by atoms with Gasteiger partial charge in [0.15, 0.2) is 0 Å². The molecule has 2 aromatic heterocycles. The van der Waals surface area contributed by atoms with Crippen molar-refractivity contribution >= 4 is 76.2 Å². The van der Waals surface area contributed by atoms with Crippen molar-refractivity contribution in [1.29, 1.82) is 0 Å². The zero-order valence-corrected chi connectivity index (χ0v) is 27.0. The third kappa shape index (κ3) is 3.79. The first kappa shape index (κ1) is 27.3. The van der Waals surface area contributed by atoms with E-state index in [0.717, 1.165) is 71.3 Å². The largest absolute Gasteiger partial charge is 0.455 e. The van der Waals surface area contributed by atoms with Crippen LogP contribution in [0.25, 0.3) is 110 Å². The zero-order valence-electron chi connectivity index (χ0n) is 27.0. The molecule has 0 aliphatic rings. The van der Waals surface area contributed by atoms with Crippen molar-refractivity contribution in [3.63, 3.8) is 0 Å². The number of fused-ring (bicyclic) bond motifs is 11. The van der Waals surface area contributed by atoms with Gasteiger partial charge in [-0.15, -0.1) is 0 Å². The fourth-order valence-corrected chi connectivity index (χ4v) is 8.36. The van der Waals surface area contributed by atoms with Crippen LogP contribution in [-0.4, -0.2) is 0 Å². The third-order valence-electron chi connectivity index (χ3n) is 10.4. The summed E-state index contributed by atoms with van der Waals surface area (Å²) < 4.78 is 13.7. The highest BCUT2D eigenvalue weighted by atomic mass is 16.3. The molecule has 0 radical (unpaired) electrons. The second-order valence-electron chi connectivity index (χ2n) is 13.1. The predicted octanol–water partition coefficient (Wildman–Crippen LogP) is 13.9. The zero-order chi connectivity index (χ0) is 32.8. The smallest absolute Gasteiger partial charge is 0.143 e. The molecule has 0 fully saturated rings. The van der Waals surface area contributed by atoms with Gasteiger partial charge >= 0.3 is 0 Å². The molecule has 0 spiro atoms. The molecule has 0 bridgehead atoms. The number of para-hydroxylation sites is 2. The normalized spacial score (nSPS) is 12.0.